The van der Waals surface area contributed by atoms with Crippen LogP contribution in [-0.4, -0.2) is 17.5 Å². The Kier molecular flexibility index (Phi) is 2.46. The molecule has 0 aliphatic heterocycles. The summed E-state index contributed by atoms with van der Waals surface area (Å²) in [7, 11) is 0. The number of primary amides is 1. The first kappa shape index (κ1) is 10.6. The third kappa shape index (κ3) is 1.97. The van der Waals surface area contributed by atoms with Crippen molar-refractivity contribution >= 4 is 5.91 Å². The Balaban J connectivity index is 1.72. The van der Waals surface area contributed by atoms with E-state index in [1.165, 1.54) is 38.5 Å². The van der Waals surface area contributed by atoms with Gasteiger partial charge in [0.15, 0.2) is 0 Å². The Hall–Kier alpha value is -0.570. The van der Waals surface area contributed by atoms with E-state index in [0.717, 1.165) is 24.7 Å². The second-order valence-electron chi connectivity index (χ2n) is 6.06. The summed E-state index contributed by atoms with van der Waals surface area (Å²) in [6, 6.07) is 0.574. The normalized spacial score (nSPS) is 39.6. The molecule has 0 saturated heterocycles. The van der Waals surface area contributed by atoms with Gasteiger partial charge >= 0.3 is 0 Å². The van der Waals surface area contributed by atoms with Crippen molar-refractivity contribution in [2.75, 3.05) is 0 Å². The molecule has 0 spiro atoms. The maximum Gasteiger partial charge on any atom is 0.237 e. The van der Waals surface area contributed by atoms with Crippen LogP contribution in [0.2, 0.25) is 0 Å². The monoisotopic (exact) mass is 222 g/mol. The molecule has 3 fully saturated rings. The Labute approximate surface area is 97.2 Å². The molecule has 3 saturated carbocycles. The van der Waals surface area contributed by atoms with Crippen LogP contribution < -0.4 is 11.1 Å². The summed E-state index contributed by atoms with van der Waals surface area (Å²) in [5, 5.41) is 3.54. The molecule has 16 heavy (non-hydrogen) atoms. The maximum atomic E-state index is 11.8. The SMILES string of the molecule is NC(=O)C1(NC2CC2)CCCC(C2CC2)C1. The highest BCUT2D eigenvalue weighted by atomic mass is 16.1. The Morgan fingerprint density at radius 1 is 1.12 bits per heavy atom. The van der Waals surface area contributed by atoms with Gasteiger partial charge in [-0.15, -0.1) is 0 Å². The fourth-order valence-electron chi connectivity index (χ4n) is 3.33. The Bertz CT molecular complexity index is 296. The largest absolute Gasteiger partial charge is 0.368 e. The van der Waals surface area contributed by atoms with E-state index in [-0.39, 0.29) is 11.4 Å². The van der Waals surface area contributed by atoms with Gasteiger partial charge < -0.3 is 11.1 Å². The molecule has 1 amide bonds. The summed E-state index contributed by atoms with van der Waals surface area (Å²) in [6.45, 7) is 0. The lowest BCUT2D eigenvalue weighted by atomic mass is 9.73. The molecule has 3 N–H and O–H groups in total. The van der Waals surface area contributed by atoms with E-state index in [0.29, 0.717) is 6.04 Å². The fraction of sp³-hybridized carbons (Fsp3) is 0.923. The van der Waals surface area contributed by atoms with Gasteiger partial charge in [-0.1, -0.05) is 12.8 Å². The zero-order chi connectivity index (χ0) is 11.2. The molecule has 3 heteroatoms. The summed E-state index contributed by atoms with van der Waals surface area (Å²) >= 11 is 0. The number of nitrogens with one attached hydrogen (secondary N) is 1. The van der Waals surface area contributed by atoms with Crippen molar-refractivity contribution in [3.8, 4) is 0 Å². The minimum absolute atomic E-state index is 0.107. The molecule has 2 unspecified atom stereocenters. The smallest absolute Gasteiger partial charge is 0.237 e. The van der Waals surface area contributed by atoms with Crippen LogP contribution in [0.3, 0.4) is 0 Å². The quantitative estimate of drug-likeness (QED) is 0.758. The van der Waals surface area contributed by atoms with E-state index >= 15 is 0 Å². The molecule has 0 radical (unpaired) electrons. The maximum absolute atomic E-state index is 11.8. The summed E-state index contributed by atoms with van der Waals surface area (Å²) in [4.78, 5) is 11.8. The zero-order valence-corrected chi connectivity index (χ0v) is 9.87. The standard InChI is InChI=1S/C13H22N2O/c14-12(16)13(15-11-5-6-11)7-1-2-10(8-13)9-3-4-9/h9-11,15H,1-8H2,(H2,14,16). The number of carbonyl (C=O) groups excluding carboxylic acids is 1. The Morgan fingerprint density at radius 2 is 1.88 bits per heavy atom. The summed E-state index contributed by atoms with van der Waals surface area (Å²) in [5.74, 6) is 1.55. The minimum atomic E-state index is -0.354. The first-order valence-corrected chi connectivity index (χ1v) is 6.77. The van der Waals surface area contributed by atoms with Crippen LogP contribution in [0.5, 0.6) is 0 Å². The van der Waals surface area contributed by atoms with Gasteiger partial charge in [0.1, 0.15) is 0 Å². The molecule has 2 atom stereocenters. The van der Waals surface area contributed by atoms with E-state index in [1.54, 1.807) is 0 Å². The number of hydrogen-bond acceptors (Lipinski definition) is 2. The van der Waals surface area contributed by atoms with E-state index < -0.39 is 0 Å². The van der Waals surface area contributed by atoms with Crippen molar-refractivity contribution in [2.45, 2.75) is 62.9 Å². The number of carbonyl (C=O) groups is 1. The van der Waals surface area contributed by atoms with Crippen molar-refractivity contribution in [1.82, 2.24) is 5.32 Å². The van der Waals surface area contributed by atoms with Gasteiger partial charge in [0, 0.05) is 6.04 Å². The summed E-state index contributed by atoms with van der Waals surface area (Å²) < 4.78 is 0. The second-order valence-corrected chi connectivity index (χ2v) is 6.06. The topological polar surface area (TPSA) is 55.1 Å². The second kappa shape index (κ2) is 3.73. The molecule has 90 valence electrons. The molecule has 3 rings (SSSR count). The van der Waals surface area contributed by atoms with Gasteiger partial charge in [-0.25, -0.2) is 0 Å². The van der Waals surface area contributed by atoms with E-state index in [9.17, 15) is 4.79 Å². The molecule has 0 heterocycles. The minimum Gasteiger partial charge on any atom is -0.368 e. The average molecular weight is 222 g/mol. The summed E-state index contributed by atoms with van der Waals surface area (Å²) in [6.07, 6.45) is 9.65. The van der Waals surface area contributed by atoms with Crippen molar-refractivity contribution in [3.63, 3.8) is 0 Å². The van der Waals surface area contributed by atoms with Gasteiger partial charge in [-0.3, -0.25) is 4.79 Å². The number of amides is 1. The van der Waals surface area contributed by atoms with Crippen molar-refractivity contribution < 1.29 is 4.79 Å². The van der Waals surface area contributed by atoms with E-state index in [4.69, 9.17) is 5.73 Å². The van der Waals surface area contributed by atoms with Gasteiger partial charge in [0.05, 0.1) is 5.54 Å². The summed E-state index contributed by atoms with van der Waals surface area (Å²) in [5.41, 5.74) is 5.31. The highest BCUT2D eigenvalue weighted by Crippen LogP contribution is 2.47. The van der Waals surface area contributed by atoms with Gasteiger partial charge in [-0.05, 0) is 50.4 Å². The molecule has 0 bridgehead atoms. The van der Waals surface area contributed by atoms with Gasteiger partial charge in [0.2, 0.25) is 5.91 Å². The lowest BCUT2D eigenvalue weighted by molar-refractivity contribution is -0.126. The van der Waals surface area contributed by atoms with Crippen LogP contribution in [0.1, 0.15) is 51.4 Å². The van der Waals surface area contributed by atoms with Crippen LogP contribution in [-0.2, 0) is 4.79 Å². The number of hydrogen-bond donors (Lipinski definition) is 2. The highest BCUT2D eigenvalue weighted by molar-refractivity contribution is 5.85. The third-order valence-electron chi connectivity index (χ3n) is 4.61. The van der Waals surface area contributed by atoms with Crippen LogP contribution in [0, 0.1) is 11.8 Å². The van der Waals surface area contributed by atoms with Crippen LogP contribution in [0.15, 0.2) is 0 Å². The number of rotatable bonds is 4. The van der Waals surface area contributed by atoms with Crippen LogP contribution >= 0.6 is 0 Å². The third-order valence-corrected chi connectivity index (χ3v) is 4.61. The predicted octanol–water partition coefficient (Wildman–Crippen LogP) is 1.56. The molecule has 3 aliphatic rings. The van der Waals surface area contributed by atoms with Crippen molar-refractivity contribution in [1.29, 1.82) is 0 Å². The molecule has 0 aromatic carbocycles. The molecular formula is C13H22N2O. The fourth-order valence-corrected chi connectivity index (χ4v) is 3.33. The van der Waals surface area contributed by atoms with Gasteiger partial charge in [-0.2, -0.15) is 0 Å². The van der Waals surface area contributed by atoms with Crippen LogP contribution in [0.25, 0.3) is 0 Å². The molecule has 3 nitrogen and oxygen atoms in total. The average Bonchev–Trinajstić information content (AvgIpc) is 3.13. The first-order chi connectivity index (χ1) is 7.70. The molecule has 0 aromatic rings. The van der Waals surface area contributed by atoms with E-state index in [2.05, 4.69) is 5.32 Å². The lowest BCUT2D eigenvalue weighted by Crippen LogP contribution is -2.58. The van der Waals surface area contributed by atoms with E-state index in [1.807, 2.05) is 0 Å². The zero-order valence-electron chi connectivity index (χ0n) is 9.87. The van der Waals surface area contributed by atoms with Crippen molar-refractivity contribution in [2.24, 2.45) is 17.6 Å². The van der Waals surface area contributed by atoms with Gasteiger partial charge in [0.25, 0.3) is 0 Å². The first-order valence-electron chi connectivity index (χ1n) is 6.77. The molecular weight excluding hydrogens is 200 g/mol. The Morgan fingerprint density at radius 3 is 2.44 bits per heavy atom. The molecule has 0 aromatic heterocycles. The number of nitrogens with two attached hydrogens (primary N) is 1. The predicted molar refractivity (Wildman–Crippen MR) is 62.8 cm³/mol. The lowest BCUT2D eigenvalue weighted by Gasteiger charge is -2.39. The van der Waals surface area contributed by atoms with Crippen LogP contribution in [0.4, 0.5) is 0 Å². The highest BCUT2D eigenvalue weighted by Gasteiger charge is 2.47. The van der Waals surface area contributed by atoms with Crippen molar-refractivity contribution in [3.05, 3.63) is 0 Å². The molecule has 3 aliphatic carbocycles.